The zero-order chi connectivity index (χ0) is 19.2. The fourth-order valence-corrected chi connectivity index (χ4v) is 2.61. The van der Waals surface area contributed by atoms with Gasteiger partial charge in [-0.2, -0.15) is 0 Å². The molecule has 0 aliphatic heterocycles. The van der Waals surface area contributed by atoms with E-state index in [9.17, 15) is 0 Å². The van der Waals surface area contributed by atoms with Crippen LogP contribution in [0.15, 0.2) is 48.8 Å². The van der Waals surface area contributed by atoms with Crippen molar-refractivity contribution < 1.29 is 18.9 Å². The van der Waals surface area contributed by atoms with Crippen molar-refractivity contribution in [3.05, 3.63) is 48.8 Å². The van der Waals surface area contributed by atoms with Crippen LogP contribution in [0, 0.1) is 0 Å². The zero-order valence-corrected chi connectivity index (χ0v) is 15.6. The van der Waals surface area contributed by atoms with Gasteiger partial charge in [0.25, 0.3) is 0 Å². The van der Waals surface area contributed by atoms with Gasteiger partial charge in [0.1, 0.15) is 5.82 Å². The van der Waals surface area contributed by atoms with Crippen molar-refractivity contribution >= 4 is 11.5 Å². The first-order valence-electron chi connectivity index (χ1n) is 8.22. The largest absolute Gasteiger partial charge is 0.493 e. The molecule has 0 bridgehead atoms. The van der Waals surface area contributed by atoms with Gasteiger partial charge < -0.3 is 24.3 Å². The predicted octanol–water partition coefficient (Wildman–Crippen LogP) is 3.92. The van der Waals surface area contributed by atoms with Crippen LogP contribution in [-0.4, -0.2) is 38.4 Å². The van der Waals surface area contributed by atoms with Crippen LogP contribution in [0.3, 0.4) is 0 Å². The average Bonchev–Trinajstić information content (AvgIpc) is 2.73. The van der Waals surface area contributed by atoms with Crippen molar-refractivity contribution in [2.75, 3.05) is 33.8 Å². The Hall–Kier alpha value is -3.48. The number of hydrogen-bond acceptors (Lipinski definition) is 7. The molecule has 0 atom stereocenters. The number of pyridine rings is 2. The number of nitrogens with zero attached hydrogens (tertiary/aromatic N) is 2. The average molecular weight is 367 g/mol. The Morgan fingerprint density at radius 3 is 1.93 bits per heavy atom. The summed E-state index contributed by atoms with van der Waals surface area (Å²) in [4.78, 5) is 8.62. The van der Waals surface area contributed by atoms with Gasteiger partial charge in [-0.1, -0.05) is 0 Å². The number of anilines is 2. The minimum absolute atomic E-state index is 0.557. The van der Waals surface area contributed by atoms with Crippen LogP contribution in [0.25, 0.3) is 11.1 Å². The van der Waals surface area contributed by atoms with Gasteiger partial charge in [0.2, 0.25) is 11.6 Å². The molecule has 0 aliphatic carbocycles. The molecule has 0 spiro atoms. The second kappa shape index (κ2) is 8.27. The van der Waals surface area contributed by atoms with Crippen molar-refractivity contribution in [2.45, 2.75) is 0 Å². The number of rotatable bonds is 7. The highest BCUT2D eigenvalue weighted by molar-refractivity contribution is 5.71. The number of benzene rings is 1. The lowest BCUT2D eigenvalue weighted by molar-refractivity contribution is 0.324. The monoisotopic (exact) mass is 367 g/mol. The molecular formula is C20H21N3O4. The molecule has 0 saturated carbocycles. The highest BCUT2D eigenvalue weighted by Gasteiger charge is 2.14. The van der Waals surface area contributed by atoms with Gasteiger partial charge in [-0.25, -0.2) is 9.97 Å². The molecule has 7 heteroatoms. The normalized spacial score (nSPS) is 10.2. The van der Waals surface area contributed by atoms with E-state index in [0.29, 0.717) is 28.9 Å². The number of methoxy groups -OCH3 is 4. The van der Waals surface area contributed by atoms with Crippen LogP contribution in [-0.2, 0) is 0 Å². The van der Waals surface area contributed by atoms with Crippen molar-refractivity contribution in [3.8, 4) is 34.3 Å². The van der Waals surface area contributed by atoms with E-state index in [1.54, 1.807) is 46.9 Å². The fraction of sp³-hybridized carbons (Fsp3) is 0.200. The lowest BCUT2D eigenvalue weighted by Crippen LogP contribution is -1.97. The van der Waals surface area contributed by atoms with E-state index in [1.165, 1.54) is 0 Å². The molecule has 2 aromatic heterocycles. The van der Waals surface area contributed by atoms with Gasteiger partial charge in [0.15, 0.2) is 11.5 Å². The molecule has 0 radical (unpaired) electrons. The van der Waals surface area contributed by atoms with Gasteiger partial charge in [-0.05, 0) is 35.9 Å². The van der Waals surface area contributed by atoms with Gasteiger partial charge in [-0.15, -0.1) is 0 Å². The van der Waals surface area contributed by atoms with Gasteiger partial charge in [0.05, 0.1) is 40.3 Å². The summed E-state index contributed by atoms with van der Waals surface area (Å²) in [6, 6.07) is 11.3. The molecule has 0 amide bonds. The third kappa shape index (κ3) is 4.03. The molecule has 3 aromatic rings. The summed E-state index contributed by atoms with van der Waals surface area (Å²) in [5.41, 5.74) is 2.66. The Morgan fingerprint density at radius 1 is 0.704 bits per heavy atom. The maximum absolute atomic E-state index is 5.41. The summed E-state index contributed by atoms with van der Waals surface area (Å²) in [7, 11) is 6.35. The highest BCUT2D eigenvalue weighted by Crippen LogP contribution is 2.41. The van der Waals surface area contributed by atoms with Crippen molar-refractivity contribution in [1.82, 2.24) is 9.97 Å². The van der Waals surface area contributed by atoms with Crippen molar-refractivity contribution in [2.24, 2.45) is 0 Å². The SMILES string of the molecule is COc1ccc(Nc2ccc(-c3cc(OC)c(OC)c(OC)c3)cn2)cn1. The molecule has 1 aromatic carbocycles. The number of nitrogens with one attached hydrogen (secondary N) is 1. The van der Waals surface area contributed by atoms with Crippen molar-refractivity contribution in [1.29, 1.82) is 0 Å². The van der Waals surface area contributed by atoms with Crippen molar-refractivity contribution in [3.63, 3.8) is 0 Å². The fourth-order valence-electron chi connectivity index (χ4n) is 2.61. The maximum atomic E-state index is 5.41. The zero-order valence-electron chi connectivity index (χ0n) is 15.6. The topological polar surface area (TPSA) is 74.7 Å². The molecule has 7 nitrogen and oxygen atoms in total. The quantitative estimate of drug-likeness (QED) is 0.678. The van der Waals surface area contributed by atoms with E-state index in [-0.39, 0.29) is 0 Å². The molecule has 27 heavy (non-hydrogen) atoms. The van der Waals surface area contributed by atoms with Crippen LogP contribution in [0.5, 0.6) is 23.1 Å². The smallest absolute Gasteiger partial charge is 0.213 e. The van der Waals surface area contributed by atoms with Gasteiger partial charge in [-0.3, -0.25) is 0 Å². The third-order valence-corrected chi connectivity index (χ3v) is 3.98. The molecule has 0 fully saturated rings. The Labute approximate surface area is 157 Å². The first-order valence-corrected chi connectivity index (χ1v) is 8.22. The summed E-state index contributed by atoms with van der Waals surface area (Å²) in [5.74, 6) is 3.02. The number of ether oxygens (including phenoxy) is 4. The second-order valence-electron chi connectivity index (χ2n) is 5.56. The Balaban J connectivity index is 1.84. The minimum Gasteiger partial charge on any atom is -0.493 e. The van der Waals surface area contributed by atoms with Crippen LogP contribution >= 0.6 is 0 Å². The summed E-state index contributed by atoms with van der Waals surface area (Å²) in [6.07, 6.45) is 3.47. The molecule has 3 rings (SSSR count). The molecule has 0 aliphatic rings. The molecule has 0 unspecified atom stereocenters. The van der Waals surface area contributed by atoms with Gasteiger partial charge in [0, 0.05) is 17.8 Å². The first kappa shape index (κ1) is 18.3. The van der Waals surface area contributed by atoms with E-state index in [4.69, 9.17) is 18.9 Å². The van der Waals surface area contributed by atoms with E-state index >= 15 is 0 Å². The second-order valence-corrected chi connectivity index (χ2v) is 5.56. The summed E-state index contributed by atoms with van der Waals surface area (Å²) in [6.45, 7) is 0. The number of aromatic nitrogens is 2. The highest BCUT2D eigenvalue weighted by atomic mass is 16.5. The third-order valence-electron chi connectivity index (χ3n) is 3.98. The lowest BCUT2D eigenvalue weighted by atomic mass is 10.1. The van der Waals surface area contributed by atoms with Crippen LogP contribution in [0.2, 0.25) is 0 Å². The lowest BCUT2D eigenvalue weighted by Gasteiger charge is -2.14. The predicted molar refractivity (Wildman–Crippen MR) is 103 cm³/mol. The molecule has 140 valence electrons. The van der Waals surface area contributed by atoms with Crippen LogP contribution in [0.4, 0.5) is 11.5 Å². The van der Waals surface area contributed by atoms with E-state index in [1.807, 2.05) is 30.3 Å². The minimum atomic E-state index is 0.557. The summed E-state index contributed by atoms with van der Waals surface area (Å²) < 4.78 is 21.2. The standard InChI is InChI=1S/C20H21N3O4/c1-24-16-9-14(10-17(25-2)20(16)27-4)13-5-7-18(21-11-13)23-15-6-8-19(26-3)22-12-15/h5-12H,1-4H3,(H,21,23). The maximum Gasteiger partial charge on any atom is 0.213 e. The van der Waals surface area contributed by atoms with Gasteiger partial charge >= 0.3 is 0 Å². The number of hydrogen-bond donors (Lipinski definition) is 1. The molecular weight excluding hydrogens is 346 g/mol. The Morgan fingerprint density at radius 2 is 1.44 bits per heavy atom. The molecule has 2 heterocycles. The van der Waals surface area contributed by atoms with Crippen LogP contribution < -0.4 is 24.3 Å². The van der Waals surface area contributed by atoms with E-state index in [2.05, 4.69) is 15.3 Å². The van der Waals surface area contributed by atoms with E-state index in [0.717, 1.165) is 16.8 Å². The molecule has 0 saturated heterocycles. The summed E-state index contributed by atoms with van der Waals surface area (Å²) in [5, 5.41) is 3.20. The van der Waals surface area contributed by atoms with E-state index < -0.39 is 0 Å². The molecule has 1 N–H and O–H groups in total. The Kier molecular flexibility index (Phi) is 5.61. The Bertz CT molecular complexity index is 871. The summed E-state index contributed by atoms with van der Waals surface area (Å²) >= 11 is 0. The first-order chi connectivity index (χ1) is 13.2. The van der Waals surface area contributed by atoms with Crippen LogP contribution in [0.1, 0.15) is 0 Å².